The van der Waals surface area contributed by atoms with E-state index in [1.165, 1.54) is 0 Å². The molecule has 0 aromatic carbocycles. The molecule has 78 valence electrons. The molecular weight excluding hydrogens is 184 g/mol. The summed E-state index contributed by atoms with van der Waals surface area (Å²) in [5.74, 6) is -2.95. The van der Waals surface area contributed by atoms with Crippen molar-refractivity contribution in [3.63, 3.8) is 0 Å². The zero-order chi connectivity index (χ0) is 10.2. The fraction of sp³-hybridized carbons (Fsp3) is 1.00. The van der Waals surface area contributed by atoms with Gasteiger partial charge in [0, 0.05) is 0 Å². The number of hydrogen-bond donors (Lipinski definition) is 6. The van der Waals surface area contributed by atoms with Crippen LogP contribution in [0.25, 0.3) is 0 Å². The molecule has 13 heavy (non-hydrogen) atoms. The van der Waals surface area contributed by atoms with Crippen LogP contribution in [0.5, 0.6) is 0 Å². The van der Waals surface area contributed by atoms with Crippen molar-refractivity contribution in [3.05, 3.63) is 0 Å². The first kappa shape index (κ1) is 10.8. The number of rotatable bonds is 1. The van der Waals surface area contributed by atoms with Crippen molar-refractivity contribution in [3.8, 4) is 0 Å². The van der Waals surface area contributed by atoms with Crippen molar-refractivity contribution in [2.75, 3.05) is 6.61 Å². The van der Waals surface area contributed by atoms with E-state index >= 15 is 0 Å². The first-order chi connectivity index (χ1) is 5.90. The van der Waals surface area contributed by atoms with Crippen LogP contribution in [0.2, 0.25) is 0 Å². The summed E-state index contributed by atoms with van der Waals surface area (Å²) in [5.41, 5.74) is 0. The lowest BCUT2D eigenvalue weighted by atomic mass is 9.98. The number of ether oxygens (including phenoxy) is 1. The quantitative estimate of drug-likeness (QED) is 0.236. The maximum absolute atomic E-state index is 9.12. The van der Waals surface area contributed by atoms with E-state index in [1.54, 1.807) is 0 Å². The number of aliphatic hydroxyl groups excluding tert-OH is 4. The van der Waals surface area contributed by atoms with Crippen LogP contribution in [0.1, 0.15) is 0 Å². The predicted octanol–water partition coefficient (Wildman–Crippen LogP) is -3.90. The highest BCUT2D eigenvalue weighted by molar-refractivity contribution is 4.90. The third-order valence-electron chi connectivity index (χ3n) is 1.94. The average molecular weight is 196 g/mol. The Balaban J connectivity index is 2.79. The van der Waals surface area contributed by atoms with Crippen LogP contribution >= 0.6 is 0 Å². The zero-order valence-corrected chi connectivity index (χ0v) is 6.61. The van der Waals surface area contributed by atoms with Gasteiger partial charge in [-0.1, -0.05) is 0 Å². The first-order valence-corrected chi connectivity index (χ1v) is 3.67. The van der Waals surface area contributed by atoms with Gasteiger partial charge in [-0.05, 0) is 0 Å². The zero-order valence-electron chi connectivity index (χ0n) is 6.61. The van der Waals surface area contributed by atoms with Crippen molar-refractivity contribution >= 4 is 0 Å². The van der Waals surface area contributed by atoms with E-state index in [1.807, 2.05) is 0 Å². The Morgan fingerprint density at radius 1 is 1.08 bits per heavy atom. The van der Waals surface area contributed by atoms with Crippen LogP contribution in [-0.4, -0.2) is 67.6 Å². The molecule has 1 fully saturated rings. The topological polar surface area (TPSA) is 131 Å². The summed E-state index contributed by atoms with van der Waals surface area (Å²) < 4.78 is 4.32. The molecule has 1 aliphatic rings. The lowest BCUT2D eigenvalue weighted by Gasteiger charge is -2.41. The van der Waals surface area contributed by atoms with E-state index in [0.717, 1.165) is 0 Å². The number of hydrogen-bond acceptors (Lipinski definition) is 7. The predicted molar refractivity (Wildman–Crippen MR) is 37.1 cm³/mol. The summed E-state index contributed by atoms with van der Waals surface area (Å²) in [4.78, 5) is 0. The summed E-state index contributed by atoms with van der Waals surface area (Å²) in [6.07, 6.45) is -6.72. The summed E-state index contributed by atoms with van der Waals surface area (Å²) in [6.45, 7) is -0.701. The van der Waals surface area contributed by atoms with Crippen LogP contribution < -0.4 is 0 Å². The van der Waals surface area contributed by atoms with Crippen molar-refractivity contribution in [1.29, 1.82) is 0 Å². The molecule has 0 bridgehead atoms. The second-order valence-electron chi connectivity index (χ2n) is 2.92. The Kier molecular flexibility index (Phi) is 2.88. The third kappa shape index (κ3) is 1.81. The van der Waals surface area contributed by atoms with E-state index in [0.29, 0.717) is 0 Å². The smallest absolute Gasteiger partial charge is 0.308 e. The second-order valence-corrected chi connectivity index (χ2v) is 2.92. The van der Waals surface area contributed by atoms with Gasteiger partial charge in [0.1, 0.15) is 18.3 Å². The van der Waals surface area contributed by atoms with Crippen molar-refractivity contribution in [2.24, 2.45) is 0 Å². The molecule has 7 heteroatoms. The molecule has 0 unspecified atom stereocenters. The van der Waals surface area contributed by atoms with Crippen LogP contribution in [0.15, 0.2) is 0 Å². The van der Waals surface area contributed by atoms with E-state index in [2.05, 4.69) is 4.74 Å². The Bertz CT molecular complexity index is 180. The van der Waals surface area contributed by atoms with Gasteiger partial charge in [0.05, 0.1) is 6.61 Å². The summed E-state index contributed by atoms with van der Waals surface area (Å²) >= 11 is 0. The molecule has 1 rings (SSSR count). The maximum atomic E-state index is 9.12. The summed E-state index contributed by atoms with van der Waals surface area (Å²) in [5, 5.41) is 53.6. The molecule has 4 atom stereocenters. The van der Waals surface area contributed by atoms with Gasteiger partial charge < -0.3 is 35.4 Å². The lowest BCUT2D eigenvalue weighted by molar-refractivity contribution is -0.435. The Hall–Kier alpha value is -0.280. The molecule has 0 aliphatic carbocycles. The van der Waals surface area contributed by atoms with Gasteiger partial charge in [0.15, 0.2) is 6.10 Å². The molecule has 0 saturated carbocycles. The Morgan fingerprint density at radius 2 is 1.62 bits per heavy atom. The molecule has 0 aromatic rings. The molecule has 1 heterocycles. The fourth-order valence-corrected chi connectivity index (χ4v) is 1.14. The van der Waals surface area contributed by atoms with Crippen LogP contribution in [0.3, 0.4) is 0 Å². The van der Waals surface area contributed by atoms with Crippen molar-refractivity contribution in [1.82, 2.24) is 0 Å². The second kappa shape index (κ2) is 3.46. The molecule has 7 nitrogen and oxygen atoms in total. The summed E-state index contributed by atoms with van der Waals surface area (Å²) in [6, 6.07) is 0. The Labute approximate surface area is 73.4 Å². The highest BCUT2D eigenvalue weighted by Crippen LogP contribution is 2.25. The van der Waals surface area contributed by atoms with Crippen LogP contribution in [0, 0.1) is 0 Å². The van der Waals surface area contributed by atoms with Gasteiger partial charge in [-0.25, -0.2) is 0 Å². The highest BCUT2D eigenvalue weighted by atomic mass is 16.8. The largest absolute Gasteiger partial charge is 0.394 e. The fourth-order valence-electron chi connectivity index (χ4n) is 1.14. The normalized spacial score (nSPS) is 44.8. The maximum Gasteiger partial charge on any atom is 0.308 e. The Morgan fingerprint density at radius 3 is 2.08 bits per heavy atom. The molecule has 1 saturated heterocycles. The third-order valence-corrected chi connectivity index (χ3v) is 1.94. The average Bonchev–Trinajstić information content (AvgIpc) is 2.08. The summed E-state index contributed by atoms with van der Waals surface area (Å²) in [7, 11) is 0. The molecular formula is C6H12O7. The van der Waals surface area contributed by atoms with Crippen molar-refractivity contribution < 1.29 is 35.4 Å². The number of aliphatic hydroxyl groups is 6. The molecule has 0 aromatic heterocycles. The minimum absolute atomic E-state index is 0.701. The van der Waals surface area contributed by atoms with Gasteiger partial charge in [0.25, 0.3) is 0 Å². The SMILES string of the molecule is OC[C@H]1OC(O)(O)[C@H](O)[C@@H](O)[C@@H]1O. The monoisotopic (exact) mass is 196 g/mol. The molecule has 0 radical (unpaired) electrons. The van der Waals surface area contributed by atoms with Gasteiger partial charge in [-0.3, -0.25) is 0 Å². The minimum Gasteiger partial charge on any atom is -0.394 e. The van der Waals surface area contributed by atoms with Gasteiger partial charge >= 0.3 is 5.97 Å². The van der Waals surface area contributed by atoms with Gasteiger partial charge in [-0.2, -0.15) is 0 Å². The minimum atomic E-state index is -2.95. The molecule has 0 spiro atoms. The van der Waals surface area contributed by atoms with E-state index in [9.17, 15) is 0 Å². The highest BCUT2D eigenvalue weighted by Gasteiger charge is 2.51. The van der Waals surface area contributed by atoms with E-state index in [4.69, 9.17) is 30.6 Å². The van der Waals surface area contributed by atoms with E-state index in [-0.39, 0.29) is 0 Å². The van der Waals surface area contributed by atoms with Crippen molar-refractivity contribution in [2.45, 2.75) is 30.4 Å². The van der Waals surface area contributed by atoms with Crippen LogP contribution in [0.4, 0.5) is 0 Å². The molecule has 6 N–H and O–H groups in total. The van der Waals surface area contributed by atoms with Gasteiger partial charge in [-0.15, -0.1) is 0 Å². The molecule has 1 aliphatic heterocycles. The standard InChI is InChI=1S/C6H12O7/c7-1-2-3(8)4(9)5(10)6(11,12)13-2/h2-5,7-12H,1H2/t2-,3-,4+,5-/m1/s1. The molecule has 0 amide bonds. The van der Waals surface area contributed by atoms with Gasteiger partial charge in [0.2, 0.25) is 0 Å². The van der Waals surface area contributed by atoms with Crippen LogP contribution in [-0.2, 0) is 4.74 Å². The van der Waals surface area contributed by atoms with E-state index < -0.39 is 37.0 Å². The lowest BCUT2D eigenvalue weighted by Crippen LogP contribution is -2.65. The first-order valence-electron chi connectivity index (χ1n) is 3.67.